The van der Waals surface area contributed by atoms with E-state index < -0.39 is 6.10 Å². The van der Waals surface area contributed by atoms with Crippen LogP contribution in [0.2, 0.25) is 0 Å². The Morgan fingerprint density at radius 3 is 2.50 bits per heavy atom. The number of hydrogen-bond donors (Lipinski definition) is 2. The number of rotatable bonds is 5. The van der Waals surface area contributed by atoms with Gasteiger partial charge in [-0.05, 0) is 5.56 Å². The molecule has 0 fully saturated rings. The van der Waals surface area contributed by atoms with Crippen molar-refractivity contribution in [3.63, 3.8) is 0 Å². The number of carbonyl (C=O) groups is 1. The molecule has 0 saturated heterocycles. The maximum atomic E-state index is 11.8. The first-order valence-corrected chi connectivity index (χ1v) is 6.53. The summed E-state index contributed by atoms with van der Waals surface area (Å²) in [5.74, 6) is 0.460. The van der Waals surface area contributed by atoms with Gasteiger partial charge < -0.3 is 10.4 Å². The smallest absolute Gasteiger partial charge is 0.227 e. The summed E-state index contributed by atoms with van der Waals surface area (Å²) in [5.41, 5.74) is 1.26. The van der Waals surface area contributed by atoms with Gasteiger partial charge in [0, 0.05) is 6.42 Å². The van der Waals surface area contributed by atoms with Crippen LogP contribution in [-0.4, -0.2) is 21.0 Å². The van der Waals surface area contributed by atoms with Gasteiger partial charge in [0.2, 0.25) is 5.91 Å². The molecule has 1 unspecified atom stereocenters. The summed E-state index contributed by atoms with van der Waals surface area (Å²) >= 11 is 0. The number of benzene rings is 1. The van der Waals surface area contributed by atoms with E-state index in [0.29, 0.717) is 5.69 Å². The molecule has 0 bridgehead atoms. The first-order chi connectivity index (χ1) is 9.69. The van der Waals surface area contributed by atoms with Crippen LogP contribution in [0.25, 0.3) is 0 Å². The lowest BCUT2D eigenvalue weighted by Gasteiger charge is -2.11. The molecule has 0 aliphatic carbocycles. The Kier molecular flexibility index (Phi) is 4.79. The molecule has 1 aromatic carbocycles. The van der Waals surface area contributed by atoms with E-state index in [1.54, 1.807) is 24.5 Å². The molecule has 2 rings (SSSR count). The first kappa shape index (κ1) is 14.1. The Bertz CT molecular complexity index is 555. The van der Waals surface area contributed by atoms with Gasteiger partial charge >= 0.3 is 0 Å². The van der Waals surface area contributed by atoms with E-state index >= 15 is 0 Å². The molecular weight excluding hydrogens is 254 g/mol. The number of aliphatic hydroxyl groups excluding tert-OH is 1. The fraction of sp³-hybridized carbons (Fsp3) is 0.267. The maximum absolute atomic E-state index is 11.8. The summed E-state index contributed by atoms with van der Waals surface area (Å²) in [6, 6.07) is 9.10. The largest absolute Gasteiger partial charge is 0.388 e. The number of nitrogens with zero attached hydrogens (tertiary/aromatic N) is 2. The lowest BCUT2D eigenvalue weighted by molar-refractivity contribution is -0.118. The Labute approximate surface area is 117 Å². The highest BCUT2D eigenvalue weighted by Gasteiger charge is 2.13. The molecule has 0 radical (unpaired) electrons. The lowest BCUT2D eigenvalue weighted by Crippen LogP contribution is -2.16. The van der Waals surface area contributed by atoms with Crippen LogP contribution in [0.5, 0.6) is 0 Å². The zero-order chi connectivity index (χ0) is 14.4. The van der Waals surface area contributed by atoms with Gasteiger partial charge in [-0.25, -0.2) is 9.97 Å². The van der Waals surface area contributed by atoms with Gasteiger partial charge in [0.25, 0.3) is 0 Å². The number of anilines is 1. The summed E-state index contributed by atoms with van der Waals surface area (Å²) in [4.78, 5) is 20.0. The van der Waals surface area contributed by atoms with Gasteiger partial charge in [-0.3, -0.25) is 4.79 Å². The molecule has 2 aromatic rings. The van der Waals surface area contributed by atoms with Gasteiger partial charge in [0.05, 0.1) is 30.6 Å². The number of aryl methyl sites for hydroxylation is 1. The lowest BCUT2D eigenvalue weighted by atomic mass is 10.1. The average molecular weight is 271 g/mol. The minimum absolute atomic E-state index is 0.000454. The molecule has 0 aliphatic rings. The Morgan fingerprint density at radius 1 is 1.25 bits per heavy atom. The van der Waals surface area contributed by atoms with E-state index in [2.05, 4.69) is 15.3 Å². The summed E-state index contributed by atoms with van der Waals surface area (Å²) in [6.07, 6.45) is 3.07. The van der Waals surface area contributed by atoms with Crippen molar-refractivity contribution in [2.24, 2.45) is 0 Å². The van der Waals surface area contributed by atoms with Crippen LogP contribution in [0.15, 0.2) is 42.7 Å². The van der Waals surface area contributed by atoms with Crippen molar-refractivity contribution in [2.75, 3.05) is 5.32 Å². The Morgan fingerprint density at radius 2 is 1.90 bits per heavy atom. The molecule has 104 valence electrons. The second kappa shape index (κ2) is 6.77. The van der Waals surface area contributed by atoms with Crippen molar-refractivity contribution in [1.29, 1.82) is 0 Å². The highest BCUT2D eigenvalue weighted by molar-refractivity contribution is 5.90. The van der Waals surface area contributed by atoms with E-state index in [-0.39, 0.29) is 12.3 Å². The third-order valence-electron chi connectivity index (χ3n) is 2.87. The van der Waals surface area contributed by atoms with Crippen LogP contribution in [0.1, 0.15) is 30.8 Å². The minimum atomic E-state index is -0.813. The van der Waals surface area contributed by atoms with Crippen LogP contribution in [-0.2, 0) is 11.2 Å². The van der Waals surface area contributed by atoms with Crippen molar-refractivity contribution < 1.29 is 9.90 Å². The van der Waals surface area contributed by atoms with Crippen LogP contribution in [0, 0.1) is 0 Å². The topological polar surface area (TPSA) is 75.1 Å². The van der Waals surface area contributed by atoms with E-state index in [1.165, 1.54) is 0 Å². The quantitative estimate of drug-likeness (QED) is 0.873. The van der Waals surface area contributed by atoms with Crippen LogP contribution in [0.4, 0.5) is 5.69 Å². The number of nitrogens with one attached hydrogen (secondary N) is 1. The highest BCUT2D eigenvalue weighted by atomic mass is 16.3. The van der Waals surface area contributed by atoms with Gasteiger partial charge in [0.1, 0.15) is 5.82 Å². The molecule has 1 amide bonds. The van der Waals surface area contributed by atoms with Crippen LogP contribution >= 0.6 is 0 Å². The molecule has 5 nitrogen and oxygen atoms in total. The third kappa shape index (κ3) is 3.86. The number of hydrogen-bond acceptors (Lipinski definition) is 4. The number of carbonyl (C=O) groups excluding carboxylic acids is 1. The van der Waals surface area contributed by atoms with Crippen molar-refractivity contribution in [2.45, 2.75) is 25.9 Å². The van der Waals surface area contributed by atoms with E-state index in [0.717, 1.165) is 17.8 Å². The standard InChI is InChI=1S/C15H17N3O2/c1-2-14-16-9-12(10-17-14)18-15(20)8-13(19)11-6-4-3-5-7-11/h3-7,9-10,13,19H,2,8H2,1H3,(H,18,20). The average Bonchev–Trinajstić information content (AvgIpc) is 2.49. The number of aliphatic hydroxyl groups is 1. The van der Waals surface area contributed by atoms with Crippen molar-refractivity contribution in [3.8, 4) is 0 Å². The van der Waals surface area contributed by atoms with Gasteiger partial charge in [0.15, 0.2) is 0 Å². The van der Waals surface area contributed by atoms with Gasteiger partial charge in [-0.2, -0.15) is 0 Å². The molecule has 0 aliphatic heterocycles. The SMILES string of the molecule is CCc1ncc(NC(=O)CC(O)c2ccccc2)cn1. The van der Waals surface area contributed by atoms with Crippen molar-refractivity contribution >= 4 is 11.6 Å². The molecule has 0 saturated carbocycles. The molecule has 1 heterocycles. The zero-order valence-electron chi connectivity index (χ0n) is 11.3. The zero-order valence-corrected chi connectivity index (χ0v) is 11.3. The Balaban J connectivity index is 1.91. The van der Waals surface area contributed by atoms with Crippen LogP contribution < -0.4 is 5.32 Å². The second-order valence-corrected chi connectivity index (χ2v) is 4.42. The second-order valence-electron chi connectivity index (χ2n) is 4.42. The Hall–Kier alpha value is -2.27. The molecule has 2 N–H and O–H groups in total. The normalized spacial score (nSPS) is 11.9. The van der Waals surface area contributed by atoms with Gasteiger partial charge in [-0.15, -0.1) is 0 Å². The van der Waals surface area contributed by atoms with E-state index in [9.17, 15) is 9.90 Å². The molecular formula is C15H17N3O2. The van der Waals surface area contributed by atoms with Crippen molar-refractivity contribution in [1.82, 2.24) is 9.97 Å². The molecule has 20 heavy (non-hydrogen) atoms. The number of aromatic nitrogens is 2. The molecule has 1 atom stereocenters. The van der Waals surface area contributed by atoms with Crippen LogP contribution in [0.3, 0.4) is 0 Å². The predicted molar refractivity (Wildman–Crippen MR) is 76.1 cm³/mol. The van der Waals surface area contributed by atoms with E-state index in [4.69, 9.17) is 0 Å². The third-order valence-corrected chi connectivity index (χ3v) is 2.87. The van der Waals surface area contributed by atoms with Crippen molar-refractivity contribution in [3.05, 3.63) is 54.1 Å². The van der Waals surface area contributed by atoms with E-state index in [1.807, 2.05) is 25.1 Å². The fourth-order valence-corrected chi connectivity index (χ4v) is 1.78. The molecule has 5 heteroatoms. The summed E-state index contributed by atoms with van der Waals surface area (Å²) in [6.45, 7) is 1.96. The summed E-state index contributed by atoms with van der Waals surface area (Å²) in [7, 11) is 0. The number of amides is 1. The minimum Gasteiger partial charge on any atom is -0.388 e. The summed E-state index contributed by atoms with van der Waals surface area (Å²) in [5, 5.41) is 12.6. The summed E-state index contributed by atoms with van der Waals surface area (Å²) < 4.78 is 0. The van der Waals surface area contributed by atoms with Gasteiger partial charge in [-0.1, -0.05) is 37.3 Å². The molecule has 0 spiro atoms. The maximum Gasteiger partial charge on any atom is 0.227 e. The first-order valence-electron chi connectivity index (χ1n) is 6.53. The predicted octanol–water partition coefficient (Wildman–Crippen LogP) is 2.10. The fourth-order valence-electron chi connectivity index (χ4n) is 1.78. The monoisotopic (exact) mass is 271 g/mol. The highest BCUT2D eigenvalue weighted by Crippen LogP contribution is 2.16. The molecule has 1 aromatic heterocycles.